The molecular formula is C12H13F4N. The minimum atomic E-state index is -4.23. The van der Waals surface area contributed by atoms with Crippen molar-refractivity contribution in [2.24, 2.45) is 0 Å². The highest BCUT2D eigenvalue weighted by Crippen LogP contribution is 2.33. The summed E-state index contributed by atoms with van der Waals surface area (Å²) >= 11 is 0. The average Bonchev–Trinajstić information content (AvgIpc) is 2.28. The first-order valence-electron chi connectivity index (χ1n) is 5.55. The third-order valence-electron chi connectivity index (χ3n) is 3.03. The number of benzene rings is 1. The average molecular weight is 247 g/mol. The third kappa shape index (κ3) is 2.97. The Morgan fingerprint density at radius 3 is 2.59 bits per heavy atom. The van der Waals surface area contributed by atoms with Crippen molar-refractivity contribution in [2.75, 3.05) is 0 Å². The standard InChI is InChI=1S/C12H13F4N/c13-9-4-1-3-8(7-9)10-5-2-6-11(17-10)12(14,15)16/h1,3-4,7,10-11,17H,2,5-6H2. The van der Waals surface area contributed by atoms with Crippen molar-refractivity contribution in [3.8, 4) is 0 Å². The molecule has 5 heteroatoms. The topological polar surface area (TPSA) is 12.0 Å². The molecule has 0 aliphatic carbocycles. The second kappa shape index (κ2) is 4.64. The number of piperidine rings is 1. The van der Waals surface area contributed by atoms with E-state index in [-0.39, 0.29) is 6.42 Å². The summed E-state index contributed by atoms with van der Waals surface area (Å²) in [6, 6.07) is 3.85. The fourth-order valence-corrected chi connectivity index (χ4v) is 2.18. The second-order valence-corrected chi connectivity index (χ2v) is 4.30. The Morgan fingerprint density at radius 2 is 1.94 bits per heavy atom. The highest BCUT2D eigenvalue weighted by atomic mass is 19.4. The lowest BCUT2D eigenvalue weighted by Crippen LogP contribution is -2.46. The smallest absolute Gasteiger partial charge is 0.299 e. The second-order valence-electron chi connectivity index (χ2n) is 4.30. The molecule has 0 spiro atoms. The van der Waals surface area contributed by atoms with E-state index in [1.807, 2.05) is 0 Å². The lowest BCUT2D eigenvalue weighted by atomic mass is 9.93. The summed E-state index contributed by atoms with van der Waals surface area (Å²) in [6.07, 6.45) is -3.03. The van der Waals surface area contributed by atoms with Crippen LogP contribution in [0.5, 0.6) is 0 Å². The lowest BCUT2D eigenvalue weighted by Gasteiger charge is -2.32. The van der Waals surface area contributed by atoms with Crippen LogP contribution in [0.1, 0.15) is 30.9 Å². The first-order chi connectivity index (χ1) is 7.97. The molecule has 0 saturated carbocycles. The van der Waals surface area contributed by atoms with Gasteiger partial charge in [-0.3, -0.25) is 5.32 Å². The van der Waals surface area contributed by atoms with Crippen LogP contribution < -0.4 is 5.32 Å². The van der Waals surface area contributed by atoms with E-state index in [1.54, 1.807) is 6.07 Å². The van der Waals surface area contributed by atoms with Gasteiger partial charge >= 0.3 is 6.18 Å². The highest BCUT2D eigenvalue weighted by molar-refractivity contribution is 5.21. The molecule has 94 valence electrons. The van der Waals surface area contributed by atoms with Crippen LogP contribution in [0.25, 0.3) is 0 Å². The predicted octanol–water partition coefficient (Wildman–Crippen LogP) is 3.57. The molecule has 1 nitrogen and oxygen atoms in total. The van der Waals surface area contributed by atoms with Gasteiger partial charge in [-0.25, -0.2) is 4.39 Å². The van der Waals surface area contributed by atoms with Crippen LogP contribution in [-0.2, 0) is 0 Å². The molecule has 0 radical (unpaired) electrons. The van der Waals surface area contributed by atoms with Gasteiger partial charge in [0.05, 0.1) is 0 Å². The largest absolute Gasteiger partial charge is 0.403 e. The molecular weight excluding hydrogens is 234 g/mol. The molecule has 1 fully saturated rings. The van der Waals surface area contributed by atoms with Crippen molar-refractivity contribution in [3.63, 3.8) is 0 Å². The van der Waals surface area contributed by atoms with Crippen LogP contribution in [0.2, 0.25) is 0 Å². The van der Waals surface area contributed by atoms with E-state index in [4.69, 9.17) is 0 Å². The first-order valence-corrected chi connectivity index (χ1v) is 5.55. The van der Waals surface area contributed by atoms with Gasteiger partial charge in [-0.15, -0.1) is 0 Å². The summed E-state index contributed by atoms with van der Waals surface area (Å²) in [5.41, 5.74) is 0.582. The molecule has 1 aliphatic heterocycles. The minimum absolute atomic E-state index is 0.0926. The third-order valence-corrected chi connectivity index (χ3v) is 3.03. The number of hydrogen-bond acceptors (Lipinski definition) is 1. The zero-order chi connectivity index (χ0) is 12.5. The molecule has 1 aromatic rings. The van der Waals surface area contributed by atoms with Gasteiger partial charge < -0.3 is 0 Å². The molecule has 1 aliphatic rings. The van der Waals surface area contributed by atoms with Gasteiger partial charge in [0.25, 0.3) is 0 Å². The number of hydrogen-bond donors (Lipinski definition) is 1. The number of nitrogens with one attached hydrogen (secondary N) is 1. The fraction of sp³-hybridized carbons (Fsp3) is 0.500. The Labute approximate surface area is 96.8 Å². The zero-order valence-corrected chi connectivity index (χ0v) is 9.10. The summed E-state index contributed by atoms with van der Waals surface area (Å²) in [5.74, 6) is -0.418. The van der Waals surface area contributed by atoms with Gasteiger partial charge in [-0.05, 0) is 37.0 Å². The summed E-state index contributed by atoms with van der Waals surface area (Å²) in [5, 5.41) is 2.55. The number of halogens is 4. The summed E-state index contributed by atoms with van der Waals surface area (Å²) in [4.78, 5) is 0. The maximum Gasteiger partial charge on any atom is 0.403 e. The molecule has 2 rings (SSSR count). The van der Waals surface area contributed by atoms with Crippen LogP contribution in [0.4, 0.5) is 17.6 Å². The van der Waals surface area contributed by atoms with Crippen LogP contribution in [-0.4, -0.2) is 12.2 Å². The van der Waals surface area contributed by atoms with Crippen molar-refractivity contribution < 1.29 is 17.6 Å². The van der Waals surface area contributed by atoms with Gasteiger partial charge in [0.1, 0.15) is 11.9 Å². The molecule has 1 heterocycles. The Balaban J connectivity index is 2.12. The van der Waals surface area contributed by atoms with Crippen LogP contribution in [0.15, 0.2) is 24.3 Å². The van der Waals surface area contributed by atoms with E-state index in [2.05, 4.69) is 5.32 Å². The molecule has 0 amide bonds. The predicted molar refractivity (Wildman–Crippen MR) is 56.0 cm³/mol. The van der Waals surface area contributed by atoms with E-state index in [9.17, 15) is 17.6 Å². The van der Waals surface area contributed by atoms with Crippen molar-refractivity contribution in [1.82, 2.24) is 5.32 Å². The van der Waals surface area contributed by atoms with Crippen molar-refractivity contribution in [1.29, 1.82) is 0 Å². The molecule has 1 aromatic carbocycles. The molecule has 17 heavy (non-hydrogen) atoms. The molecule has 0 aromatic heterocycles. The lowest BCUT2D eigenvalue weighted by molar-refractivity contribution is -0.163. The molecule has 2 unspecified atom stereocenters. The van der Waals surface area contributed by atoms with Gasteiger partial charge in [0, 0.05) is 6.04 Å². The normalized spacial score (nSPS) is 25.9. The molecule has 1 N–H and O–H groups in total. The zero-order valence-electron chi connectivity index (χ0n) is 9.10. The summed E-state index contributed by atoms with van der Waals surface area (Å²) in [6.45, 7) is 0. The highest BCUT2D eigenvalue weighted by Gasteiger charge is 2.42. The monoisotopic (exact) mass is 247 g/mol. The maximum atomic E-state index is 13.0. The van der Waals surface area contributed by atoms with Gasteiger partial charge in [0.15, 0.2) is 0 Å². The summed E-state index contributed by atoms with van der Waals surface area (Å²) in [7, 11) is 0. The number of alkyl halides is 3. The van der Waals surface area contributed by atoms with Crippen molar-refractivity contribution in [2.45, 2.75) is 37.5 Å². The van der Waals surface area contributed by atoms with Gasteiger partial charge in [-0.1, -0.05) is 12.1 Å². The van der Waals surface area contributed by atoms with Crippen LogP contribution in [0, 0.1) is 5.82 Å². The maximum absolute atomic E-state index is 13.0. The van der Waals surface area contributed by atoms with E-state index in [0.29, 0.717) is 18.4 Å². The van der Waals surface area contributed by atoms with Crippen molar-refractivity contribution >= 4 is 0 Å². The Bertz CT molecular complexity index is 388. The molecule has 1 saturated heterocycles. The van der Waals surface area contributed by atoms with Gasteiger partial charge in [-0.2, -0.15) is 13.2 Å². The fourth-order valence-electron chi connectivity index (χ4n) is 2.18. The van der Waals surface area contributed by atoms with E-state index in [1.165, 1.54) is 18.2 Å². The van der Waals surface area contributed by atoms with Crippen LogP contribution in [0.3, 0.4) is 0 Å². The van der Waals surface area contributed by atoms with Crippen molar-refractivity contribution in [3.05, 3.63) is 35.6 Å². The quantitative estimate of drug-likeness (QED) is 0.748. The van der Waals surface area contributed by atoms with E-state index in [0.717, 1.165) is 0 Å². The summed E-state index contributed by atoms with van der Waals surface area (Å²) < 4.78 is 50.7. The van der Waals surface area contributed by atoms with Crippen LogP contribution >= 0.6 is 0 Å². The Kier molecular flexibility index (Phi) is 3.38. The van der Waals surface area contributed by atoms with E-state index < -0.39 is 24.1 Å². The number of rotatable bonds is 1. The SMILES string of the molecule is Fc1cccc(C2CCCC(C(F)(F)F)N2)c1. The Hall–Kier alpha value is -1.10. The molecule has 2 atom stereocenters. The Morgan fingerprint density at radius 1 is 1.18 bits per heavy atom. The first kappa shape index (κ1) is 12.4. The minimum Gasteiger partial charge on any atom is -0.299 e. The van der Waals surface area contributed by atoms with Gasteiger partial charge in [0.2, 0.25) is 0 Å². The van der Waals surface area contributed by atoms with E-state index >= 15 is 0 Å². The molecule has 0 bridgehead atoms.